The van der Waals surface area contributed by atoms with Gasteiger partial charge in [-0.25, -0.2) is 9.98 Å². The number of thiazole rings is 1. The van der Waals surface area contributed by atoms with E-state index in [-0.39, 0.29) is 24.0 Å². The molecular formula is C19H26IN7S. The molecule has 0 fully saturated rings. The lowest BCUT2D eigenvalue weighted by atomic mass is 10.2. The van der Waals surface area contributed by atoms with Crippen LogP contribution in [0.4, 0.5) is 0 Å². The van der Waals surface area contributed by atoms with Crippen LogP contribution in [-0.2, 0) is 26.6 Å². The molecule has 1 aromatic carbocycles. The van der Waals surface area contributed by atoms with Crippen molar-refractivity contribution in [3.63, 3.8) is 0 Å². The van der Waals surface area contributed by atoms with Gasteiger partial charge in [-0.1, -0.05) is 30.3 Å². The molecule has 3 aromatic rings. The zero-order chi connectivity index (χ0) is 19.1. The van der Waals surface area contributed by atoms with Crippen molar-refractivity contribution in [2.75, 3.05) is 13.6 Å². The average molecular weight is 511 g/mol. The lowest BCUT2D eigenvalue weighted by Crippen LogP contribution is -2.40. The summed E-state index contributed by atoms with van der Waals surface area (Å²) in [7, 11) is 4.02. The van der Waals surface area contributed by atoms with Crippen LogP contribution in [0.3, 0.4) is 0 Å². The van der Waals surface area contributed by atoms with E-state index in [4.69, 9.17) is 4.99 Å². The van der Waals surface area contributed by atoms with Gasteiger partial charge in [-0.2, -0.15) is 0 Å². The molecule has 7 nitrogen and oxygen atoms in total. The quantitative estimate of drug-likeness (QED) is 0.300. The third-order valence-corrected chi connectivity index (χ3v) is 5.19. The number of halogens is 1. The van der Waals surface area contributed by atoms with E-state index in [1.165, 1.54) is 5.56 Å². The van der Waals surface area contributed by atoms with Crippen molar-refractivity contribution in [1.82, 2.24) is 30.0 Å². The fourth-order valence-electron chi connectivity index (χ4n) is 2.57. The van der Waals surface area contributed by atoms with Crippen LogP contribution < -0.4 is 5.32 Å². The maximum absolute atomic E-state index is 4.80. The van der Waals surface area contributed by atoms with E-state index < -0.39 is 0 Å². The normalized spacial score (nSPS) is 11.2. The molecule has 2 heterocycles. The zero-order valence-corrected chi connectivity index (χ0v) is 19.5. The fourth-order valence-corrected chi connectivity index (χ4v) is 3.18. The minimum atomic E-state index is 0. The highest BCUT2D eigenvalue weighted by Crippen LogP contribution is 2.06. The summed E-state index contributed by atoms with van der Waals surface area (Å²) in [4.78, 5) is 11.3. The first-order valence-corrected chi connectivity index (χ1v) is 9.78. The molecule has 0 radical (unpaired) electrons. The highest BCUT2D eigenvalue weighted by atomic mass is 127. The number of hydrogen-bond donors (Lipinski definition) is 1. The molecule has 1 N–H and O–H groups in total. The van der Waals surface area contributed by atoms with E-state index in [0.29, 0.717) is 13.1 Å². The summed E-state index contributed by atoms with van der Waals surface area (Å²) in [5.74, 6) is 2.62. The molecule has 0 bridgehead atoms. The maximum Gasteiger partial charge on any atom is 0.194 e. The highest BCUT2D eigenvalue weighted by molar-refractivity contribution is 14.0. The number of nitrogens with one attached hydrogen (secondary N) is 1. The molecular weight excluding hydrogens is 485 g/mol. The van der Waals surface area contributed by atoms with Gasteiger partial charge in [-0.3, -0.25) is 0 Å². The van der Waals surface area contributed by atoms with Gasteiger partial charge in [0.05, 0.1) is 18.1 Å². The number of aromatic nitrogens is 4. The second-order valence-corrected chi connectivity index (χ2v) is 7.28. The van der Waals surface area contributed by atoms with E-state index in [1.807, 2.05) is 55.4 Å². The third-order valence-electron chi connectivity index (χ3n) is 4.35. The second-order valence-electron chi connectivity index (χ2n) is 6.30. The lowest BCUT2D eigenvalue weighted by molar-refractivity contribution is 0.480. The van der Waals surface area contributed by atoms with Gasteiger partial charge >= 0.3 is 0 Å². The Labute approximate surface area is 187 Å². The Hall–Kier alpha value is -2.01. The molecule has 0 atom stereocenters. The molecule has 0 aliphatic heterocycles. The van der Waals surface area contributed by atoms with Crippen LogP contribution in [0, 0.1) is 6.92 Å². The molecule has 0 spiro atoms. The molecule has 2 aromatic heterocycles. The summed E-state index contributed by atoms with van der Waals surface area (Å²) >= 11 is 1.68. The average Bonchev–Trinajstić information content (AvgIpc) is 3.32. The largest absolute Gasteiger partial charge is 0.349 e. The number of aliphatic imine (C=N–C) groups is 1. The van der Waals surface area contributed by atoms with Crippen LogP contribution in [0.25, 0.3) is 0 Å². The molecule has 3 rings (SSSR count). The topological polar surface area (TPSA) is 71.2 Å². The number of hydrogen-bond acceptors (Lipinski definition) is 5. The zero-order valence-electron chi connectivity index (χ0n) is 16.4. The Morgan fingerprint density at radius 3 is 2.68 bits per heavy atom. The van der Waals surface area contributed by atoms with Crippen molar-refractivity contribution in [3.8, 4) is 0 Å². The van der Waals surface area contributed by atoms with Crippen LogP contribution in [0.2, 0.25) is 0 Å². The van der Waals surface area contributed by atoms with Gasteiger partial charge in [0.15, 0.2) is 11.8 Å². The first kappa shape index (κ1) is 22.3. The van der Waals surface area contributed by atoms with Crippen molar-refractivity contribution in [3.05, 3.63) is 64.1 Å². The predicted molar refractivity (Wildman–Crippen MR) is 124 cm³/mol. The van der Waals surface area contributed by atoms with E-state index in [2.05, 4.69) is 37.5 Å². The first-order chi connectivity index (χ1) is 13.1. The van der Waals surface area contributed by atoms with Crippen molar-refractivity contribution in [2.45, 2.75) is 26.4 Å². The Bertz CT molecular complexity index is 862. The van der Waals surface area contributed by atoms with E-state index in [9.17, 15) is 0 Å². The number of rotatable bonds is 7. The predicted octanol–water partition coefficient (Wildman–Crippen LogP) is 3.02. The van der Waals surface area contributed by atoms with Crippen molar-refractivity contribution < 1.29 is 0 Å². The van der Waals surface area contributed by atoms with Crippen LogP contribution in [0.15, 0.2) is 46.9 Å². The molecule has 28 heavy (non-hydrogen) atoms. The number of nitrogens with zero attached hydrogens (tertiary/aromatic N) is 6. The number of aryl methyl sites for hydroxylation is 1. The summed E-state index contributed by atoms with van der Waals surface area (Å²) < 4.78 is 1.98. The molecule has 0 unspecified atom stereocenters. The van der Waals surface area contributed by atoms with Gasteiger partial charge in [-0.05, 0) is 12.5 Å². The van der Waals surface area contributed by atoms with E-state index >= 15 is 0 Å². The standard InChI is InChI=1S/C19H25N7S.HI/c1-15-23-24-17(26(15)3)14-22-19(21-13-16-7-5-4-6-8-16)25(2)11-9-18-20-10-12-27-18;/h4-8,10,12H,9,11,13-14H2,1-3H3,(H,21,22);1H. The molecule has 0 saturated heterocycles. The van der Waals surface area contributed by atoms with Crippen LogP contribution in [0.5, 0.6) is 0 Å². The number of guanidine groups is 1. The van der Waals surface area contributed by atoms with Crippen molar-refractivity contribution >= 4 is 41.3 Å². The molecule has 0 aliphatic carbocycles. The summed E-state index contributed by atoms with van der Waals surface area (Å²) in [5, 5.41) is 14.9. The molecule has 150 valence electrons. The van der Waals surface area contributed by atoms with Gasteiger partial charge in [-0.15, -0.1) is 45.5 Å². The highest BCUT2D eigenvalue weighted by Gasteiger charge is 2.10. The molecule has 0 saturated carbocycles. The van der Waals surface area contributed by atoms with Gasteiger partial charge in [0, 0.05) is 38.6 Å². The fraction of sp³-hybridized carbons (Fsp3) is 0.368. The molecule has 0 amide bonds. The van der Waals surface area contributed by atoms with E-state index in [0.717, 1.165) is 35.6 Å². The Balaban J connectivity index is 0.00000280. The summed E-state index contributed by atoms with van der Waals surface area (Å²) in [6, 6.07) is 10.3. The van der Waals surface area contributed by atoms with Crippen LogP contribution in [-0.4, -0.2) is 44.2 Å². The molecule has 0 aliphatic rings. The SMILES string of the molecule is Cc1nnc(CNC(=NCc2ccccc2)N(C)CCc2nccs2)n1C.I. The van der Waals surface area contributed by atoms with Crippen molar-refractivity contribution in [1.29, 1.82) is 0 Å². The van der Waals surface area contributed by atoms with Gasteiger partial charge in [0.25, 0.3) is 0 Å². The minimum absolute atomic E-state index is 0. The minimum Gasteiger partial charge on any atom is -0.349 e. The number of benzene rings is 1. The summed E-state index contributed by atoms with van der Waals surface area (Å²) in [6.07, 6.45) is 2.74. The molecule has 9 heteroatoms. The summed E-state index contributed by atoms with van der Waals surface area (Å²) in [6.45, 7) is 3.99. The number of likely N-dealkylation sites (N-methyl/N-ethyl adjacent to an activating group) is 1. The first-order valence-electron chi connectivity index (χ1n) is 8.90. The lowest BCUT2D eigenvalue weighted by Gasteiger charge is -2.22. The van der Waals surface area contributed by atoms with Crippen LogP contribution >= 0.6 is 35.3 Å². The Kier molecular flexibility index (Phi) is 8.84. The van der Waals surface area contributed by atoms with Crippen molar-refractivity contribution in [2.24, 2.45) is 12.0 Å². The van der Waals surface area contributed by atoms with Gasteiger partial charge in [0.1, 0.15) is 5.82 Å². The van der Waals surface area contributed by atoms with Crippen LogP contribution in [0.1, 0.15) is 22.2 Å². The second kappa shape index (κ2) is 11.1. The third kappa shape index (κ3) is 6.26. The smallest absolute Gasteiger partial charge is 0.194 e. The monoisotopic (exact) mass is 511 g/mol. The summed E-state index contributed by atoms with van der Waals surface area (Å²) in [5.41, 5.74) is 1.18. The van der Waals surface area contributed by atoms with Gasteiger partial charge in [0.2, 0.25) is 0 Å². The Morgan fingerprint density at radius 1 is 1.25 bits per heavy atom. The van der Waals surface area contributed by atoms with E-state index in [1.54, 1.807) is 11.3 Å². The Morgan fingerprint density at radius 2 is 2.04 bits per heavy atom. The van der Waals surface area contributed by atoms with Gasteiger partial charge < -0.3 is 14.8 Å². The maximum atomic E-state index is 4.80.